The summed E-state index contributed by atoms with van der Waals surface area (Å²) in [6.07, 6.45) is 4.67. The van der Waals surface area contributed by atoms with Crippen LogP contribution in [0.5, 0.6) is 0 Å². The molecule has 2 fully saturated rings. The number of nitrogens with zero attached hydrogens (tertiary/aromatic N) is 2. The van der Waals surface area contributed by atoms with Gasteiger partial charge in [0.15, 0.2) is 0 Å². The van der Waals surface area contributed by atoms with E-state index in [0.717, 1.165) is 65.0 Å². The van der Waals surface area contributed by atoms with E-state index in [4.69, 9.17) is 9.84 Å². The van der Waals surface area contributed by atoms with Gasteiger partial charge in [0, 0.05) is 57.5 Å². The molecule has 0 radical (unpaired) electrons. The summed E-state index contributed by atoms with van der Waals surface area (Å²) in [4.78, 5) is 17.1. The van der Waals surface area contributed by atoms with Crippen LogP contribution in [0.3, 0.4) is 0 Å². The predicted molar refractivity (Wildman–Crippen MR) is 110 cm³/mol. The second-order valence-electron chi connectivity index (χ2n) is 8.19. The predicted octanol–water partition coefficient (Wildman–Crippen LogP) is 2.22. The van der Waals surface area contributed by atoms with Crippen LogP contribution < -0.4 is 5.32 Å². The average molecular weight is 390 g/mol. The summed E-state index contributed by atoms with van der Waals surface area (Å²) in [6, 6.07) is 11.1. The molecule has 0 spiro atoms. The van der Waals surface area contributed by atoms with E-state index in [0.29, 0.717) is 12.6 Å². The van der Waals surface area contributed by atoms with Gasteiger partial charge in [-0.25, -0.2) is 4.79 Å². The van der Waals surface area contributed by atoms with Gasteiger partial charge in [-0.1, -0.05) is 30.3 Å². The van der Waals surface area contributed by atoms with E-state index in [9.17, 15) is 4.79 Å². The molecule has 3 rings (SSSR count). The highest BCUT2D eigenvalue weighted by molar-refractivity contribution is 5.74. The monoisotopic (exact) mass is 389 g/mol. The maximum Gasteiger partial charge on any atom is 0.317 e. The number of nitrogens with one attached hydrogen (secondary N) is 1. The Balaban J connectivity index is 1.52. The van der Waals surface area contributed by atoms with Crippen molar-refractivity contribution in [3.8, 4) is 0 Å². The molecule has 0 aliphatic carbocycles. The van der Waals surface area contributed by atoms with E-state index in [1.54, 1.807) is 0 Å². The molecule has 0 atom stereocenters. The van der Waals surface area contributed by atoms with Gasteiger partial charge in [-0.05, 0) is 44.7 Å². The van der Waals surface area contributed by atoms with Gasteiger partial charge in [0.05, 0.1) is 0 Å². The number of hydrogen-bond acceptors (Lipinski definition) is 4. The number of carbonyl (C=O) groups is 1. The molecule has 1 aromatic carbocycles. The number of carbonyl (C=O) groups excluding carboxylic acids is 1. The van der Waals surface area contributed by atoms with Crippen molar-refractivity contribution in [3.05, 3.63) is 35.9 Å². The Morgan fingerprint density at radius 2 is 1.93 bits per heavy atom. The molecule has 2 aliphatic rings. The second-order valence-corrected chi connectivity index (χ2v) is 8.19. The summed E-state index contributed by atoms with van der Waals surface area (Å²) in [6.45, 7) is 4.89. The van der Waals surface area contributed by atoms with Crippen LogP contribution in [0.1, 0.15) is 37.7 Å². The zero-order valence-electron chi connectivity index (χ0n) is 17.1. The fourth-order valence-corrected chi connectivity index (χ4v) is 4.49. The highest BCUT2D eigenvalue weighted by Crippen LogP contribution is 2.34. The number of ether oxygens (including phenoxy) is 1. The third-order valence-electron chi connectivity index (χ3n) is 6.46. The molecule has 28 heavy (non-hydrogen) atoms. The molecule has 2 aliphatic heterocycles. The summed E-state index contributed by atoms with van der Waals surface area (Å²) in [7, 11) is 2.12. The first kappa shape index (κ1) is 21.1. The van der Waals surface area contributed by atoms with Crippen LogP contribution in [0.4, 0.5) is 4.79 Å². The first-order valence-corrected chi connectivity index (χ1v) is 10.6. The lowest BCUT2D eigenvalue weighted by atomic mass is 9.74. The third kappa shape index (κ3) is 5.25. The molecule has 1 aromatic rings. The summed E-state index contributed by atoms with van der Waals surface area (Å²) < 4.78 is 5.59. The molecule has 2 heterocycles. The first-order chi connectivity index (χ1) is 13.6. The van der Waals surface area contributed by atoms with E-state index >= 15 is 0 Å². The first-order valence-electron chi connectivity index (χ1n) is 10.6. The number of benzene rings is 1. The zero-order valence-corrected chi connectivity index (χ0v) is 17.1. The quantitative estimate of drug-likeness (QED) is 0.751. The minimum atomic E-state index is -0.0298. The zero-order chi connectivity index (χ0) is 19.8. The highest BCUT2D eigenvalue weighted by atomic mass is 16.5. The molecule has 0 unspecified atom stereocenters. The Hall–Kier alpha value is -1.63. The Labute approximate surface area is 168 Å². The molecular formula is C22H35N3O3. The van der Waals surface area contributed by atoms with Crippen LogP contribution >= 0.6 is 0 Å². The van der Waals surface area contributed by atoms with E-state index in [1.807, 2.05) is 11.0 Å². The Morgan fingerprint density at radius 3 is 2.57 bits per heavy atom. The third-order valence-corrected chi connectivity index (χ3v) is 6.46. The lowest BCUT2D eigenvalue weighted by molar-refractivity contribution is 0.0497. The van der Waals surface area contributed by atoms with Crippen molar-refractivity contribution >= 4 is 6.03 Å². The Kier molecular flexibility index (Phi) is 7.71. The van der Waals surface area contributed by atoms with Gasteiger partial charge in [0.1, 0.15) is 0 Å². The standard InChI is InChI=1S/C22H35N3O3/c1-24(12-5-15-26)20-8-13-25(14-9-20)21(27)23-18-22(10-16-28-17-11-22)19-6-3-2-4-7-19/h2-4,6-7,20,26H,5,8-18H2,1H3,(H,23,27). The SMILES string of the molecule is CN(CCCO)C1CCN(C(=O)NCC2(c3ccccc3)CCOCC2)CC1. The van der Waals surface area contributed by atoms with Crippen LogP contribution in [0.15, 0.2) is 30.3 Å². The van der Waals surface area contributed by atoms with E-state index in [2.05, 4.69) is 41.5 Å². The summed E-state index contributed by atoms with van der Waals surface area (Å²) >= 11 is 0. The van der Waals surface area contributed by atoms with Crippen molar-refractivity contribution in [2.24, 2.45) is 0 Å². The van der Waals surface area contributed by atoms with Gasteiger partial charge < -0.3 is 25.0 Å². The molecule has 2 N–H and O–H groups in total. The van der Waals surface area contributed by atoms with Crippen LogP contribution in [0, 0.1) is 0 Å². The fraction of sp³-hybridized carbons (Fsp3) is 0.682. The maximum atomic E-state index is 12.8. The Bertz CT molecular complexity index is 596. The molecule has 0 bridgehead atoms. The maximum absolute atomic E-state index is 12.8. The minimum absolute atomic E-state index is 0.0298. The minimum Gasteiger partial charge on any atom is -0.396 e. The van der Waals surface area contributed by atoms with Gasteiger partial charge in [-0.3, -0.25) is 0 Å². The van der Waals surface area contributed by atoms with Gasteiger partial charge in [0.2, 0.25) is 0 Å². The highest BCUT2D eigenvalue weighted by Gasteiger charge is 2.35. The van der Waals surface area contributed by atoms with Crippen LogP contribution in [0.25, 0.3) is 0 Å². The average Bonchev–Trinajstić information content (AvgIpc) is 2.77. The molecule has 2 amide bonds. The van der Waals surface area contributed by atoms with Crippen molar-refractivity contribution in [2.75, 3.05) is 53.0 Å². The molecule has 156 valence electrons. The van der Waals surface area contributed by atoms with Crippen molar-refractivity contribution in [1.29, 1.82) is 0 Å². The molecule has 0 aromatic heterocycles. The molecular weight excluding hydrogens is 354 g/mol. The Morgan fingerprint density at radius 1 is 1.25 bits per heavy atom. The van der Waals surface area contributed by atoms with E-state index in [1.165, 1.54) is 5.56 Å². The van der Waals surface area contributed by atoms with Gasteiger partial charge in [0.25, 0.3) is 0 Å². The van der Waals surface area contributed by atoms with Gasteiger partial charge in [-0.15, -0.1) is 0 Å². The van der Waals surface area contributed by atoms with Crippen molar-refractivity contribution < 1.29 is 14.6 Å². The fourth-order valence-electron chi connectivity index (χ4n) is 4.49. The van der Waals surface area contributed by atoms with Crippen LogP contribution in [0.2, 0.25) is 0 Å². The molecule has 0 saturated carbocycles. The lowest BCUT2D eigenvalue weighted by Gasteiger charge is -2.40. The van der Waals surface area contributed by atoms with Crippen molar-refractivity contribution in [3.63, 3.8) is 0 Å². The summed E-state index contributed by atoms with van der Waals surface area (Å²) in [5, 5.41) is 12.2. The van der Waals surface area contributed by atoms with Crippen molar-refractivity contribution in [2.45, 2.75) is 43.6 Å². The largest absolute Gasteiger partial charge is 0.396 e. The second kappa shape index (κ2) is 10.2. The van der Waals surface area contributed by atoms with Gasteiger partial charge in [-0.2, -0.15) is 0 Å². The topological polar surface area (TPSA) is 65.0 Å². The number of piperidine rings is 1. The normalized spacial score (nSPS) is 20.3. The summed E-state index contributed by atoms with van der Waals surface area (Å²) in [5.41, 5.74) is 1.26. The molecule has 2 saturated heterocycles. The number of aliphatic hydroxyl groups excluding tert-OH is 1. The molecule has 6 heteroatoms. The van der Waals surface area contributed by atoms with Gasteiger partial charge >= 0.3 is 6.03 Å². The lowest BCUT2D eigenvalue weighted by Crippen LogP contribution is -2.52. The number of rotatable bonds is 7. The van der Waals surface area contributed by atoms with Crippen LogP contribution in [-0.4, -0.2) is 80.0 Å². The summed E-state index contributed by atoms with van der Waals surface area (Å²) in [5.74, 6) is 0. The number of urea groups is 1. The van der Waals surface area contributed by atoms with Crippen molar-refractivity contribution in [1.82, 2.24) is 15.1 Å². The molecule has 6 nitrogen and oxygen atoms in total. The number of aliphatic hydroxyl groups is 1. The number of likely N-dealkylation sites (tertiary alicyclic amines) is 1. The van der Waals surface area contributed by atoms with Crippen LogP contribution in [-0.2, 0) is 10.2 Å². The number of amides is 2. The number of hydrogen-bond donors (Lipinski definition) is 2. The smallest absolute Gasteiger partial charge is 0.317 e. The van der Waals surface area contributed by atoms with E-state index in [-0.39, 0.29) is 18.1 Å². The van der Waals surface area contributed by atoms with E-state index < -0.39 is 0 Å².